The third-order valence-electron chi connectivity index (χ3n) is 4.43. The number of piperidine rings is 1. The van der Waals surface area contributed by atoms with Crippen molar-refractivity contribution in [2.45, 2.75) is 26.3 Å². The summed E-state index contributed by atoms with van der Waals surface area (Å²) in [6.07, 6.45) is 2.38. The first kappa shape index (κ1) is 14.8. The van der Waals surface area contributed by atoms with Crippen LogP contribution in [0.3, 0.4) is 0 Å². The van der Waals surface area contributed by atoms with Crippen LogP contribution in [0.15, 0.2) is 24.3 Å². The number of aromatic nitrogens is 1. The Kier molecular flexibility index (Phi) is 4.43. The summed E-state index contributed by atoms with van der Waals surface area (Å²) in [5.74, 6) is 0.689. The number of hydrogen-bond donors (Lipinski definition) is 1. The lowest BCUT2D eigenvalue weighted by Crippen LogP contribution is -2.35. The van der Waals surface area contributed by atoms with Crippen molar-refractivity contribution >= 4 is 22.5 Å². The van der Waals surface area contributed by atoms with Crippen LogP contribution < -0.4 is 5.73 Å². The lowest BCUT2D eigenvalue weighted by molar-refractivity contribution is 0.180. The van der Waals surface area contributed by atoms with Crippen LogP contribution in [-0.2, 0) is 6.54 Å². The minimum Gasteiger partial charge on any atom is -0.330 e. The molecule has 1 saturated heterocycles. The molecule has 1 aromatic carbocycles. The molecule has 21 heavy (non-hydrogen) atoms. The SMILES string of the molecule is Cc1ccc2cc(CN3CCC(CN)CC3)c(Cl)nc2c1. The van der Waals surface area contributed by atoms with E-state index < -0.39 is 0 Å². The van der Waals surface area contributed by atoms with Gasteiger partial charge in [0, 0.05) is 17.5 Å². The molecule has 1 aliphatic rings. The predicted molar refractivity (Wildman–Crippen MR) is 88.5 cm³/mol. The molecule has 0 unspecified atom stereocenters. The molecule has 1 fully saturated rings. The smallest absolute Gasteiger partial charge is 0.134 e. The Balaban J connectivity index is 1.78. The van der Waals surface area contributed by atoms with Crippen molar-refractivity contribution in [1.29, 1.82) is 0 Å². The van der Waals surface area contributed by atoms with Crippen molar-refractivity contribution in [3.63, 3.8) is 0 Å². The number of aryl methyl sites for hydroxylation is 1. The van der Waals surface area contributed by atoms with Gasteiger partial charge >= 0.3 is 0 Å². The summed E-state index contributed by atoms with van der Waals surface area (Å²) in [5, 5.41) is 1.80. The minimum absolute atomic E-state index is 0.633. The van der Waals surface area contributed by atoms with Crippen LogP contribution in [0, 0.1) is 12.8 Å². The van der Waals surface area contributed by atoms with Crippen LogP contribution >= 0.6 is 11.6 Å². The van der Waals surface area contributed by atoms with Crippen LogP contribution in [0.4, 0.5) is 0 Å². The second-order valence-corrected chi connectivity index (χ2v) is 6.45. The highest BCUT2D eigenvalue weighted by Crippen LogP contribution is 2.24. The van der Waals surface area contributed by atoms with Gasteiger partial charge in [0.05, 0.1) is 5.52 Å². The standard InChI is InChI=1S/C17H22ClN3/c1-12-2-3-14-9-15(17(18)20-16(14)8-12)11-21-6-4-13(10-19)5-7-21/h2-3,8-9,13H,4-7,10-11,19H2,1H3. The number of benzene rings is 1. The molecule has 0 radical (unpaired) electrons. The van der Waals surface area contributed by atoms with E-state index in [1.807, 2.05) is 0 Å². The molecule has 0 aliphatic carbocycles. The normalized spacial score (nSPS) is 17.5. The maximum absolute atomic E-state index is 6.37. The van der Waals surface area contributed by atoms with E-state index in [0.717, 1.165) is 42.6 Å². The van der Waals surface area contributed by atoms with E-state index in [1.54, 1.807) is 0 Å². The van der Waals surface area contributed by atoms with Gasteiger partial charge in [0.25, 0.3) is 0 Å². The quantitative estimate of drug-likeness (QED) is 0.884. The minimum atomic E-state index is 0.633. The van der Waals surface area contributed by atoms with E-state index in [9.17, 15) is 0 Å². The van der Waals surface area contributed by atoms with Gasteiger partial charge in [-0.3, -0.25) is 4.90 Å². The number of nitrogens with two attached hydrogens (primary N) is 1. The fourth-order valence-corrected chi connectivity index (χ4v) is 3.23. The van der Waals surface area contributed by atoms with Crippen molar-refractivity contribution in [3.05, 3.63) is 40.5 Å². The Morgan fingerprint density at radius 1 is 1.29 bits per heavy atom. The highest BCUT2D eigenvalue weighted by Gasteiger charge is 2.19. The number of nitrogens with zero attached hydrogens (tertiary/aromatic N) is 2. The Morgan fingerprint density at radius 2 is 2.05 bits per heavy atom. The molecule has 3 rings (SSSR count). The summed E-state index contributed by atoms with van der Waals surface area (Å²) in [4.78, 5) is 7.01. The Bertz CT molecular complexity index is 633. The monoisotopic (exact) mass is 303 g/mol. The Hall–Kier alpha value is -1.16. The molecular weight excluding hydrogens is 282 g/mol. The highest BCUT2D eigenvalue weighted by atomic mass is 35.5. The molecule has 0 amide bonds. The van der Waals surface area contributed by atoms with Crippen molar-refractivity contribution in [1.82, 2.24) is 9.88 Å². The molecule has 1 aromatic heterocycles. The lowest BCUT2D eigenvalue weighted by Gasteiger charge is -2.31. The van der Waals surface area contributed by atoms with E-state index in [1.165, 1.54) is 18.4 Å². The Morgan fingerprint density at radius 3 is 2.76 bits per heavy atom. The second-order valence-electron chi connectivity index (χ2n) is 6.09. The molecule has 0 bridgehead atoms. The topological polar surface area (TPSA) is 42.1 Å². The van der Waals surface area contributed by atoms with Gasteiger partial charge in [-0.05, 0) is 63.0 Å². The number of halogens is 1. The molecule has 2 N–H and O–H groups in total. The van der Waals surface area contributed by atoms with Crippen LogP contribution in [0.1, 0.15) is 24.0 Å². The van der Waals surface area contributed by atoms with Crippen LogP contribution in [0.25, 0.3) is 10.9 Å². The van der Waals surface area contributed by atoms with Gasteiger partial charge in [-0.15, -0.1) is 0 Å². The number of fused-ring (bicyclic) bond motifs is 1. The molecule has 0 saturated carbocycles. The van der Waals surface area contributed by atoms with E-state index in [2.05, 4.69) is 41.1 Å². The first-order valence-electron chi connectivity index (χ1n) is 7.64. The maximum atomic E-state index is 6.37. The summed E-state index contributed by atoms with van der Waals surface area (Å²) < 4.78 is 0. The van der Waals surface area contributed by atoms with E-state index in [4.69, 9.17) is 17.3 Å². The predicted octanol–water partition coefficient (Wildman–Crippen LogP) is 3.37. The van der Waals surface area contributed by atoms with Gasteiger partial charge in [0.15, 0.2) is 0 Å². The molecule has 3 nitrogen and oxygen atoms in total. The molecule has 2 aromatic rings. The number of hydrogen-bond acceptors (Lipinski definition) is 3. The third-order valence-corrected chi connectivity index (χ3v) is 4.76. The number of likely N-dealkylation sites (tertiary alicyclic amines) is 1. The van der Waals surface area contributed by atoms with Gasteiger partial charge < -0.3 is 5.73 Å². The van der Waals surface area contributed by atoms with Crippen LogP contribution in [0.2, 0.25) is 5.15 Å². The van der Waals surface area contributed by atoms with Crippen molar-refractivity contribution in [2.24, 2.45) is 11.7 Å². The summed E-state index contributed by atoms with van der Waals surface area (Å²) in [6.45, 7) is 5.97. The molecule has 0 spiro atoms. The number of pyridine rings is 1. The molecule has 0 atom stereocenters. The average molecular weight is 304 g/mol. The maximum Gasteiger partial charge on any atom is 0.134 e. The second kappa shape index (κ2) is 6.30. The molecule has 112 valence electrons. The fraction of sp³-hybridized carbons (Fsp3) is 0.471. The van der Waals surface area contributed by atoms with Crippen LogP contribution in [0.5, 0.6) is 0 Å². The summed E-state index contributed by atoms with van der Waals surface area (Å²) >= 11 is 6.37. The Labute approximate surface area is 131 Å². The fourth-order valence-electron chi connectivity index (χ4n) is 3.03. The summed E-state index contributed by atoms with van der Waals surface area (Å²) in [6, 6.07) is 8.50. The zero-order chi connectivity index (χ0) is 14.8. The van der Waals surface area contributed by atoms with E-state index >= 15 is 0 Å². The van der Waals surface area contributed by atoms with E-state index in [0.29, 0.717) is 11.1 Å². The van der Waals surface area contributed by atoms with Gasteiger partial charge in [0.1, 0.15) is 5.15 Å². The largest absolute Gasteiger partial charge is 0.330 e. The van der Waals surface area contributed by atoms with Crippen molar-refractivity contribution < 1.29 is 0 Å². The number of rotatable bonds is 3. The average Bonchev–Trinajstić information content (AvgIpc) is 2.49. The summed E-state index contributed by atoms with van der Waals surface area (Å²) in [5.41, 5.74) is 9.06. The molecule has 4 heteroatoms. The first-order valence-corrected chi connectivity index (χ1v) is 8.01. The molecule has 2 heterocycles. The van der Waals surface area contributed by atoms with Crippen molar-refractivity contribution in [3.8, 4) is 0 Å². The first-order chi connectivity index (χ1) is 10.2. The molecular formula is C17H22ClN3. The zero-order valence-corrected chi connectivity index (χ0v) is 13.2. The zero-order valence-electron chi connectivity index (χ0n) is 12.5. The lowest BCUT2D eigenvalue weighted by atomic mass is 9.97. The molecule has 1 aliphatic heterocycles. The highest BCUT2D eigenvalue weighted by molar-refractivity contribution is 6.30. The van der Waals surface area contributed by atoms with E-state index in [-0.39, 0.29) is 0 Å². The van der Waals surface area contributed by atoms with Gasteiger partial charge in [-0.25, -0.2) is 4.98 Å². The van der Waals surface area contributed by atoms with Crippen LogP contribution in [-0.4, -0.2) is 29.5 Å². The van der Waals surface area contributed by atoms with Crippen molar-refractivity contribution in [2.75, 3.05) is 19.6 Å². The third kappa shape index (κ3) is 3.37. The van der Waals surface area contributed by atoms with Gasteiger partial charge in [-0.1, -0.05) is 23.7 Å². The van der Waals surface area contributed by atoms with Gasteiger partial charge in [0.2, 0.25) is 0 Å². The van der Waals surface area contributed by atoms with Gasteiger partial charge in [-0.2, -0.15) is 0 Å². The summed E-state index contributed by atoms with van der Waals surface area (Å²) in [7, 11) is 0.